The number of hydrogen-bond acceptors (Lipinski definition) is 8. The molecule has 8 nitrogen and oxygen atoms in total. The van der Waals surface area contributed by atoms with Crippen molar-refractivity contribution in [2.24, 2.45) is 4.99 Å². The van der Waals surface area contributed by atoms with Crippen molar-refractivity contribution in [2.75, 3.05) is 11.2 Å². The molecule has 1 aliphatic heterocycles. The number of phenolic OH excluding ortho intramolecular Hbond substituents is 1. The van der Waals surface area contributed by atoms with Crippen LogP contribution in [0.25, 0.3) is 11.1 Å². The van der Waals surface area contributed by atoms with Crippen molar-refractivity contribution in [3.63, 3.8) is 0 Å². The number of anilines is 1. The average Bonchev–Trinajstić information content (AvgIpc) is 3.08. The lowest BCUT2D eigenvalue weighted by molar-refractivity contribution is -0.133. The van der Waals surface area contributed by atoms with Crippen LogP contribution in [0, 0.1) is 6.92 Å². The normalized spacial score (nSPS) is 16.1. The standard InChI is InChI=1S/C17H18N4O4S/c1-9-4-13(22)2-3-14(9)10-5-11(7-12(6-10)21-25)16-18-17(20-19-16)26-8-15(23)24/h2-7,17,20-22,25H,8H2,1H3,(H,18,19)(H,23,24). The second-order valence-electron chi connectivity index (χ2n) is 5.71. The van der Waals surface area contributed by atoms with Gasteiger partial charge in [-0.2, -0.15) is 0 Å². The second kappa shape index (κ2) is 7.65. The Kier molecular flexibility index (Phi) is 5.31. The van der Waals surface area contributed by atoms with Gasteiger partial charge in [0.1, 0.15) is 11.6 Å². The molecule has 0 aliphatic carbocycles. The van der Waals surface area contributed by atoms with Crippen LogP contribution < -0.4 is 16.3 Å². The van der Waals surface area contributed by atoms with Gasteiger partial charge in [0.15, 0.2) is 5.50 Å². The van der Waals surface area contributed by atoms with Crippen LogP contribution in [0.5, 0.6) is 5.75 Å². The quantitative estimate of drug-likeness (QED) is 0.425. The summed E-state index contributed by atoms with van der Waals surface area (Å²) in [5.41, 5.74) is 11.4. The minimum atomic E-state index is -0.906. The van der Waals surface area contributed by atoms with Crippen molar-refractivity contribution in [3.8, 4) is 16.9 Å². The van der Waals surface area contributed by atoms with E-state index >= 15 is 0 Å². The van der Waals surface area contributed by atoms with Gasteiger partial charge in [-0.05, 0) is 53.9 Å². The Hall–Kier alpha value is -2.75. The number of thioether (sulfide) groups is 1. The van der Waals surface area contributed by atoms with Crippen molar-refractivity contribution in [2.45, 2.75) is 12.4 Å². The summed E-state index contributed by atoms with van der Waals surface area (Å²) >= 11 is 1.15. The zero-order valence-corrected chi connectivity index (χ0v) is 14.7. The van der Waals surface area contributed by atoms with Crippen LogP contribution in [0.3, 0.4) is 0 Å². The fraction of sp³-hybridized carbons (Fsp3) is 0.176. The molecule has 1 aliphatic rings. The first-order valence-corrected chi connectivity index (χ1v) is 8.79. The van der Waals surface area contributed by atoms with E-state index in [9.17, 15) is 15.1 Å². The molecule has 2 aromatic rings. The number of aliphatic carboxylic acids is 1. The maximum atomic E-state index is 10.7. The van der Waals surface area contributed by atoms with Crippen LogP contribution in [0.15, 0.2) is 41.4 Å². The molecule has 1 heterocycles. The Morgan fingerprint density at radius 1 is 1.27 bits per heavy atom. The van der Waals surface area contributed by atoms with Crippen molar-refractivity contribution in [1.29, 1.82) is 0 Å². The van der Waals surface area contributed by atoms with Crippen LogP contribution in [-0.4, -0.2) is 38.5 Å². The highest BCUT2D eigenvalue weighted by Crippen LogP contribution is 2.30. The van der Waals surface area contributed by atoms with Gasteiger partial charge in [-0.15, -0.1) is 11.8 Å². The van der Waals surface area contributed by atoms with E-state index in [1.807, 2.05) is 13.0 Å². The van der Waals surface area contributed by atoms with Gasteiger partial charge in [0.25, 0.3) is 0 Å². The zero-order chi connectivity index (χ0) is 18.7. The van der Waals surface area contributed by atoms with Crippen LogP contribution in [0.4, 0.5) is 5.69 Å². The highest BCUT2D eigenvalue weighted by molar-refractivity contribution is 8.00. The SMILES string of the molecule is Cc1cc(O)ccc1-c1cc(NO)cc(C2=NC(SCC(=O)O)NN2)c1. The van der Waals surface area contributed by atoms with Crippen LogP contribution >= 0.6 is 11.8 Å². The molecule has 1 unspecified atom stereocenters. The molecule has 0 spiro atoms. The molecule has 2 aromatic carbocycles. The second-order valence-corrected chi connectivity index (χ2v) is 6.78. The van der Waals surface area contributed by atoms with Crippen molar-refractivity contribution >= 4 is 29.3 Å². The fourth-order valence-corrected chi connectivity index (χ4v) is 3.27. The van der Waals surface area contributed by atoms with Gasteiger partial charge in [-0.3, -0.25) is 15.5 Å². The molecular weight excluding hydrogens is 356 g/mol. The number of amidine groups is 1. The number of carbonyl (C=O) groups is 1. The molecule has 0 aromatic heterocycles. The molecule has 0 radical (unpaired) electrons. The van der Waals surface area contributed by atoms with E-state index < -0.39 is 11.5 Å². The monoisotopic (exact) mass is 374 g/mol. The Balaban J connectivity index is 1.93. The lowest BCUT2D eigenvalue weighted by Crippen LogP contribution is -2.34. The van der Waals surface area contributed by atoms with Crippen molar-refractivity contribution < 1.29 is 20.2 Å². The molecule has 3 rings (SSSR count). The number of benzene rings is 2. The number of rotatable bonds is 6. The molecule has 9 heteroatoms. The third-order valence-electron chi connectivity index (χ3n) is 3.78. The molecule has 26 heavy (non-hydrogen) atoms. The molecular formula is C17H18N4O4S. The summed E-state index contributed by atoms with van der Waals surface area (Å²) in [4.78, 5) is 15.1. The fourth-order valence-electron chi connectivity index (χ4n) is 2.64. The Morgan fingerprint density at radius 3 is 2.73 bits per heavy atom. The van der Waals surface area contributed by atoms with Crippen LogP contribution in [0.2, 0.25) is 0 Å². The maximum absolute atomic E-state index is 10.7. The number of hydrazine groups is 1. The molecule has 6 N–H and O–H groups in total. The predicted octanol–water partition coefficient (Wildman–Crippen LogP) is 2.12. The highest BCUT2D eigenvalue weighted by atomic mass is 32.2. The minimum Gasteiger partial charge on any atom is -0.508 e. The summed E-state index contributed by atoms with van der Waals surface area (Å²) in [6.45, 7) is 1.89. The molecule has 0 fully saturated rings. The largest absolute Gasteiger partial charge is 0.508 e. The van der Waals surface area contributed by atoms with Crippen LogP contribution in [0.1, 0.15) is 11.1 Å². The molecule has 1 atom stereocenters. The topological polar surface area (TPSA) is 126 Å². The van der Waals surface area contributed by atoms with E-state index in [0.717, 1.165) is 34.0 Å². The van der Waals surface area contributed by atoms with Gasteiger partial charge in [-0.25, -0.2) is 10.4 Å². The summed E-state index contributed by atoms with van der Waals surface area (Å²) < 4.78 is 0. The van der Waals surface area contributed by atoms with E-state index in [2.05, 4.69) is 21.3 Å². The molecule has 0 bridgehead atoms. The number of carboxylic acid groups (broad SMARTS) is 1. The summed E-state index contributed by atoms with van der Waals surface area (Å²) in [5.74, 6) is -0.237. The summed E-state index contributed by atoms with van der Waals surface area (Å²) in [6.07, 6.45) is 0. The van der Waals surface area contributed by atoms with E-state index in [1.165, 1.54) is 0 Å². The highest BCUT2D eigenvalue weighted by Gasteiger charge is 2.20. The first-order chi connectivity index (χ1) is 12.5. The Morgan fingerprint density at radius 2 is 2.04 bits per heavy atom. The number of phenols is 1. The molecule has 136 valence electrons. The minimum absolute atomic E-state index is 0.0632. The third-order valence-corrected chi connectivity index (χ3v) is 4.73. The van der Waals surface area contributed by atoms with Crippen molar-refractivity contribution in [3.05, 3.63) is 47.5 Å². The first-order valence-electron chi connectivity index (χ1n) is 7.74. The maximum Gasteiger partial charge on any atom is 0.313 e. The lowest BCUT2D eigenvalue weighted by atomic mass is 9.97. The van der Waals surface area contributed by atoms with Gasteiger partial charge in [0, 0.05) is 5.56 Å². The number of aromatic hydroxyl groups is 1. The molecule has 0 amide bonds. The van der Waals surface area contributed by atoms with Crippen molar-refractivity contribution in [1.82, 2.24) is 10.9 Å². The van der Waals surface area contributed by atoms with Gasteiger partial charge in [0.2, 0.25) is 0 Å². The summed E-state index contributed by atoms with van der Waals surface area (Å²) in [5, 5.41) is 27.7. The number of nitrogens with zero attached hydrogens (tertiary/aromatic N) is 1. The van der Waals surface area contributed by atoms with Gasteiger partial charge >= 0.3 is 5.97 Å². The van der Waals surface area contributed by atoms with Crippen LogP contribution in [-0.2, 0) is 4.79 Å². The summed E-state index contributed by atoms with van der Waals surface area (Å²) in [6, 6.07) is 10.5. The predicted molar refractivity (Wildman–Crippen MR) is 100 cm³/mol. The zero-order valence-electron chi connectivity index (χ0n) is 13.9. The van der Waals surface area contributed by atoms with Gasteiger partial charge in [0.05, 0.1) is 11.4 Å². The first kappa shape index (κ1) is 18.1. The Labute approximate surface area is 153 Å². The van der Waals surface area contributed by atoms with E-state index in [1.54, 1.807) is 30.3 Å². The van der Waals surface area contributed by atoms with Gasteiger partial charge < -0.3 is 15.6 Å². The third kappa shape index (κ3) is 4.07. The van der Waals surface area contributed by atoms with E-state index in [-0.39, 0.29) is 11.5 Å². The van der Waals surface area contributed by atoms with E-state index in [0.29, 0.717) is 11.5 Å². The molecule has 0 saturated heterocycles. The molecule has 0 saturated carbocycles. The Bertz CT molecular complexity index is 872. The number of aryl methyl sites for hydroxylation is 1. The number of hydrogen-bond donors (Lipinski definition) is 6. The number of carboxylic acids is 1. The lowest BCUT2D eigenvalue weighted by Gasteiger charge is -2.12. The van der Waals surface area contributed by atoms with E-state index in [4.69, 9.17) is 5.11 Å². The number of aliphatic imine (C=N–C) groups is 1. The van der Waals surface area contributed by atoms with Gasteiger partial charge in [-0.1, -0.05) is 6.07 Å². The average molecular weight is 374 g/mol. The smallest absolute Gasteiger partial charge is 0.313 e. The summed E-state index contributed by atoms with van der Waals surface area (Å²) in [7, 11) is 0. The number of nitrogens with one attached hydrogen (secondary N) is 3.